The molecule has 96 valence electrons. The van der Waals surface area contributed by atoms with Crippen molar-refractivity contribution in [1.29, 1.82) is 0 Å². The maximum Gasteiger partial charge on any atom is 0.204 e. The Balaban J connectivity index is 2.68. The SMILES string of the molecule is COc1c(N)ncnc1N(C)CCOC(C)C. The second-order valence-corrected chi connectivity index (χ2v) is 3.96. The highest BCUT2D eigenvalue weighted by Gasteiger charge is 2.13. The molecule has 17 heavy (non-hydrogen) atoms. The summed E-state index contributed by atoms with van der Waals surface area (Å²) in [5.74, 6) is 1.51. The third-order valence-electron chi connectivity index (χ3n) is 2.26. The lowest BCUT2D eigenvalue weighted by atomic mass is 10.4. The molecule has 0 fully saturated rings. The largest absolute Gasteiger partial charge is 0.490 e. The number of hydrogen-bond donors (Lipinski definition) is 1. The average Bonchev–Trinajstić information content (AvgIpc) is 2.28. The zero-order valence-corrected chi connectivity index (χ0v) is 10.8. The van der Waals surface area contributed by atoms with E-state index in [2.05, 4.69) is 9.97 Å². The van der Waals surface area contributed by atoms with E-state index in [9.17, 15) is 0 Å². The summed E-state index contributed by atoms with van der Waals surface area (Å²) in [6.45, 7) is 5.35. The fraction of sp³-hybridized carbons (Fsp3) is 0.636. The normalized spacial score (nSPS) is 10.6. The van der Waals surface area contributed by atoms with Crippen LogP contribution in [0.5, 0.6) is 5.75 Å². The molecule has 0 spiro atoms. The minimum atomic E-state index is 0.223. The van der Waals surface area contributed by atoms with Crippen LogP contribution < -0.4 is 15.4 Å². The zero-order chi connectivity index (χ0) is 12.8. The molecule has 0 saturated carbocycles. The first-order valence-corrected chi connectivity index (χ1v) is 5.53. The molecule has 1 heterocycles. The van der Waals surface area contributed by atoms with Crippen LogP contribution in [0.15, 0.2) is 6.33 Å². The van der Waals surface area contributed by atoms with E-state index in [4.69, 9.17) is 15.2 Å². The quantitative estimate of drug-likeness (QED) is 0.797. The number of nitrogens with two attached hydrogens (primary N) is 1. The van der Waals surface area contributed by atoms with Crippen molar-refractivity contribution in [3.05, 3.63) is 6.33 Å². The number of nitrogens with zero attached hydrogens (tertiary/aromatic N) is 3. The van der Waals surface area contributed by atoms with Crippen LogP contribution in [0, 0.1) is 0 Å². The van der Waals surface area contributed by atoms with Gasteiger partial charge in [-0.2, -0.15) is 0 Å². The number of ether oxygens (including phenoxy) is 2. The van der Waals surface area contributed by atoms with E-state index < -0.39 is 0 Å². The first-order valence-electron chi connectivity index (χ1n) is 5.53. The van der Waals surface area contributed by atoms with Crippen LogP contribution in [0.4, 0.5) is 11.6 Å². The topological polar surface area (TPSA) is 73.5 Å². The fourth-order valence-corrected chi connectivity index (χ4v) is 1.38. The van der Waals surface area contributed by atoms with Gasteiger partial charge in [0.05, 0.1) is 19.8 Å². The highest BCUT2D eigenvalue weighted by molar-refractivity contribution is 5.62. The minimum Gasteiger partial charge on any atom is -0.490 e. The molecule has 0 aliphatic heterocycles. The molecule has 0 aromatic carbocycles. The Morgan fingerprint density at radius 1 is 1.41 bits per heavy atom. The van der Waals surface area contributed by atoms with Crippen molar-refractivity contribution in [2.75, 3.05) is 37.9 Å². The lowest BCUT2D eigenvalue weighted by molar-refractivity contribution is 0.0845. The van der Waals surface area contributed by atoms with Gasteiger partial charge in [-0.1, -0.05) is 0 Å². The van der Waals surface area contributed by atoms with E-state index in [1.165, 1.54) is 6.33 Å². The van der Waals surface area contributed by atoms with Gasteiger partial charge < -0.3 is 20.1 Å². The van der Waals surface area contributed by atoms with E-state index in [1.54, 1.807) is 7.11 Å². The number of likely N-dealkylation sites (N-methyl/N-ethyl adjacent to an activating group) is 1. The predicted octanol–water partition coefficient (Wildman–Crippen LogP) is 0.929. The van der Waals surface area contributed by atoms with Gasteiger partial charge in [0.2, 0.25) is 5.75 Å². The van der Waals surface area contributed by atoms with E-state index in [0.717, 1.165) is 0 Å². The molecule has 0 atom stereocenters. The predicted molar refractivity (Wildman–Crippen MR) is 67.4 cm³/mol. The highest BCUT2D eigenvalue weighted by Crippen LogP contribution is 2.28. The summed E-state index contributed by atoms with van der Waals surface area (Å²) in [7, 11) is 3.46. The van der Waals surface area contributed by atoms with Crippen LogP contribution in [-0.2, 0) is 4.74 Å². The number of rotatable bonds is 6. The first-order chi connectivity index (χ1) is 8.06. The van der Waals surface area contributed by atoms with Gasteiger partial charge in [0, 0.05) is 13.6 Å². The van der Waals surface area contributed by atoms with Crippen LogP contribution in [0.2, 0.25) is 0 Å². The molecule has 0 aliphatic carbocycles. The maximum absolute atomic E-state index is 5.71. The third-order valence-corrected chi connectivity index (χ3v) is 2.26. The molecule has 0 bridgehead atoms. The Hall–Kier alpha value is -1.56. The summed E-state index contributed by atoms with van der Waals surface area (Å²) < 4.78 is 10.7. The Morgan fingerprint density at radius 2 is 2.12 bits per heavy atom. The molecule has 6 nitrogen and oxygen atoms in total. The molecule has 1 aromatic heterocycles. The molecule has 0 saturated heterocycles. The van der Waals surface area contributed by atoms with E-state index >= 15 is 0 Å². The standard InChI is InChI=1S/C11H20N4O2/c1-8(2)17-6-5-15(3)11-9(16-4)10(12)13-7-14-11/h7-8H,5-6H2,1-4H3,(H2,12,13,14). The molecule has 1 aromatic rings. The van der Waals surface area contributed by atoms with E-state index in [0.29, 0.717) is 30.5 Å². The molecule has 2 N–H and O–H groups in total. The lowest BCUT2D eigenvalue weighted by Crippen LogP contribution is -2.25. The van der Waals surface area contributed by atoms with Crippen molar-refractivity contribution in [1.82, 2.24) is 9.97 Å². The summed E-state index contributed by atoms with van der Waals surface area (Å²) in [5.41, 5.74) is 5.71. The highest BCUT2D eigenvalue weighted by atomic mass is 16.5. The number of anilines is 2. The van der Waals surface area contributed by atoms with Crippen molar-refractivity contribution in [2.45, 2.75) is 20.0 Å². The molecule has 0 radical (unpaired) electrons. The summed E-state index contributed by atoms with van der Waals surface area (Å²) in [4.78, 5) is 9.98. The van der Waals surface area contributed by atoms with Gasteiger partial charge in [0.1, 0.15) is 6.33 Å². The second kappa shape index (κ2) is 6.24. The number of hydrogen-bond acceptors (Lipinski definition) is 6. The molecule has 0 amide bonds. The average molecular weight is 240 g/mol. The van der Waals surface area contributed by atoms with Crippen molar-refractivity contribution in [3.8, 4) is 5.75 Å². The Morgan fingerprint density at radius 3 is 2.71 bits per heavy atom. The van der Waals surface area contributed by atoms with E-state index in [1.807, 2.05) is 25.8 Å². The molecule has 0 unspecified atom stereocenters. The number of aromatic nitrogens is 2. The Labute approximate surface area is 102 Å². The van der Waals surface area contributed by atoms with Crippen molar-refractivity contribution < 1.29 is 9.47 Å². The summed E-state index contributed by atoms with van der Waals surface area (Å²) in [6, 6.07) is 0. The number of methoxy groups -OCH3 is 1. The van der Waals surface area contributed by atoms with Gasteiger partial charge in [-0.05, 0) is 13.8 Å². The summed E-state index contributed by atoms with van der Waals surface area (Å²) in [6.07, 6.45) is 1.65. The molecule has 6 heteroatoms. The first kappa shape index (κ1) is 13.5. The van der Waals surface area contributed by atoms with Gasteiger partial charge in [-0.25, -0.2) is 9.97 Å². The number of nitrogen functional groups attached to an aromatic ring is 1. The second-order valence-electron chi connectivity index (χ2n) is 3.96. The maximum atomic E-state index is 5.71. The molecular weight excluding hydrogens is 220 g/mol. The van der Waals surface area contributed by atoms with E-state index in [-0.39, 0.29) is 6.10 Å². The van der Waals surface area contributed by atoms with Crippen molar-refractivity contribution in [2.24, 2.45) is 0 Å². The minimum absolute atomic E-state index is 0.223. The monoisotopic (exact) mass is 240 g/mol. The fourth-order valence-electron chi connectivity index (χ4n) is 1.38. The van der Waals surface area contributed by atoms with Gasteiger partial charge in [-0.3, -0.25) is 0 Å². The van der Waals surface area contributed by atoms with Crippen LogP contribution in [0.1, 0.15) is 13.8 Å². The van der Waals surface area contributed by atoms with Crippen molar-refractivity contribution in [3.63, 3.8) is 0 Å². The Bertz CT molecular complexity index is 357. The summed E-state index contributed by atoms with van der Waals surface area (Å²) >= 11 is 0. The lowest BCUT2D eigenvalue weighted by Gasteiger charge is -2.21. The summed E-state index contributed by atoms with van der Waals surface area (Å²) in [5, 5.41) is 0. The molecular formula is C11H20N4O2. The van der Waals surface area contributed by atoms with Crippen LogP contribution in [0.3, 0.4) is 0 Å². The smallest absolute Gasteiger partial charge is 0.204 e. The van der Waals surface area contributed by atoms with Gasteiger partial charge in [0.15, 0.2) is 11.6 Å². The third kappa shape index (κ3) is 3.74. The van der Waals surface area contributed by atoms with Crippen molar-refractivity contribution >= 4 is 11.6 Å². The van der Waals surface area contributed by atoms with Gasteiger partial charge in [-0.15, -0.1) is 0 Å². The molecule has 1 rings (SSSR count). The molecule has 0 aliphatic rings. The van der Waals surface area contributed by atoms with Crippen LogP contribution in [-0.4, -0.2) is 43.4 Å². The Kier molecular flexibility index (Phi) is 4.96. The van der Waals surface area contributed by atoms with Gasteiger partial charge >= 0.3 is 0 Å². The van der Waals surface area contributed by atoms with Crippen LogP contribution in [0.25, 0.3) is 0 Å². The van der Waals surface area contributed by atoms with Gasteiger partial charge in [0.25, 0.3) is 0 Å². The van der Waals surface area contributed by atoms with Crippen LogP contribution >= 0.6 is 0 Å². The zero-order valence-electron chi connectivity index (χ0n) is 10.8.